The van der Waals surface area contributed by atoms with Crippen molar-refractivity contribution in [3.8, 4) is 11.5 Å². The van der Waals surface area contributed by atoms with Crippen LogP contribution in [0.1, 0.15) is 36.0 Å². The van der Waals surface area contributed by atoms with Gasteiger partial charge in [-0.05, 0) is 49.2 Å². The van der Waals surface area contributed by atoms with Crippen molar-refractivity contribution in [2.75, 3.05) is 18.6 Å². The molecule has 0 spiro atoms. The lowest BCUT2D eigenvalue weighted by Crippen LogP contribution is -2.30. The Hall–Kier alpha value is -3.15. The van der Waals surface area contributed by atoms with Gasteiger partial charge in [0.1, 0.15) is 11.5 Å². The molecule has 2 aromatic rings. The van der Waals surface area contributed by atoms with E-state index in [1.807, 2.05) is 0 Å². The molecule has 0 aromatic heterocycles. The Bertz CT molecular complexity index is 913. The zero-order valence-electron chi connectivity index (χ0n) is 16.3. The minimum Gasteiger partial charge on any atom is -0.497 e. The maximum Gasteiger partial charge on any atom is 0.237 e. The Labute approximate surface area is 169 Å². The molecule has 2 amide bonds. The first-order chi connectivity index (χ1) is 14.1. The smallest absolute Gasteiger partial charge is 0.237 e. The van der Waals surface area contributed by atoms with Gasteiger partial charge in [0.05, 0.1) is 24.6 Å². The van der Waals surface area contributed by atoms with Crippen molar-refractivity contribution in [2.24, 2.45) is 11.8 Å². The molecular formula is C23H23NO5. The Morgan fingerprint density at radius 2 is 1.62 bits per heavy atom. The molecule has 6 nitrogen and oxygen atoms in total. The topological polar surface area (TPSA) is 72.9 Å². The van der Waals surface area contributed by atoms with Gasteiger partial charge in [0, 0.05) is 5.56 Å². The summed E-state index contributed by atoms with van der Waals surface area (Å²) in [7, 11) is 1.55. The second-order valence-corrected chi connectivity index (χ2v) is 7.45. The van der Waals surface area contributed by atoms with Crippen LogP contribution in [0.25, 0.3) is 0 Å². The second-order valence-electron chi connectivity index (χ2n) is 7.45. The normalized spacial score (nSPS) is 21.1. The summed E-state index contributed by atoms with van der Waals surface area (Å²) in [6, 6.07) is 13.6. The summed E-state index contributed by atoms with van der Waals surface area (Å²) < 4.78 is 10.7. The lowest BCUT2D eigenvalue weighted by molar-refractivity contribution is -0.122. The highest BCUT2D eigenvalue weighted by Crippen LogP contribution is 2.40. The number of amides is 2. The van der Waals surface area contributed by atoms with Crippen molar-refractivity contribution in [1.29, 1.82) is 0 Å². The van der Waals surface area contributed by atoms with Crippen LogP contribution < -0.4 is 14.4 Å². The molecule has 1 saturated carbocycles. The molecule has 1 heterocycles. The van der Waals surface area contributed by atoms with Gasteiger partial charge in [0.2, 0.25) is 11.8 Å². The third-order valence-corrected chi connectivity index (χ3v) is 5.70. The van der Waals surface area contributed by atoms with Crippen LogP contribution in [0.2, 0.25) is 0 Å². The summed E-state index contributed by atoms with van der Waals surface area (Å²) in [6.45, 7) is -0.113. The molecule has 0 N–H and O–H groups in total. The molecule has 4 rings (SSSR count). The van der Waals surface area contributed by atoms with Gasteiger partial charge in [-0.2, -0.15) is 0 Å². The number of Topliss-reactive ketones (excluding diaryl/α,β-unsaturated/α-hetero) is 1. The van der Waals surface area contributed by atoms with Crippen LogP contribution in [0, 0.1) is 11.8 Å². The third kappa shape index (κ3) is 3.75. The Kier molecular flexibility index (Phi) is 5.34. The molecule has 1 aliphatic heterocycles. The number of hydrogen-bond donors (Lipinski definition) is 0. The van der Waals surface area contributed by atoms with Crippen molar-refractivity contribution in [3.63, 3.8) is 0 Å². The van der Waals surface area contributed by atoms with E-state index in [1.165, 1.54) is 4.90 Å². The van der Waals surface area contributed by atoms with Crippen molar-refractivity contribution < 1.29 is 23.9 Å². The van der Waals surface area contributed by atoms with Crippen LogP contribution in [0.3, 0.4) is 0 Å². The number of carbonyl (C=O) groups is 3. The van der Waals surface area contributed by atoms with Gasteiger partial charge in [0.15, 0.2) is 12.4 Å². The van der Waals surface area contributed by atoms with Crippen LogP contribution >= 0.6 is 0 Å². The highest BCUT2D eigenvalue weighted by Gasteiger charge is 2.48. The van der Waals surface area contributed by atoms with E-state index in [0.29, 0.717) is 22.7 Å². The predicted molar refractivity (Wildman–Crippen MR) is 107 cm³/mol. The molecule has 0 radical (unpaired) electrons. The average Bonchev–Trinajstić information content (AvgIpc) is 3.03. The number of rotatable bonds is 6. The largest absolute Gasteiger partial charge is 0.497 e. The zero-order valence-corrected chi connectivity index (χ0v) is 16.3. The number of carbonyl (C=O) groups excluding carboxylic acids is 3. The van der Waals surface area contributed by atoms with Crippen LogP contribution in [0.15, 0.2) is 48.5 Å². The van der Waals surface area contributed by atoms with E-state index in [0.717, 1.165) is 25.7 Å². The molecular weight excluding hydrogens is 370 g/mol. The van der Waals surface area contributed by atoms with Gasteiger partial charge in [-0.3, -0.25) is 19.3 Å². The van der Waals surface area contributed by atoms with E-state index in [-0.39, 0.29) is 36.0 Å². The fourth-order valence-electron chi connectivity index (χ4n) is 4.14. The number of ether oxygens (including phenoxy) is 2. The van der Waals surface area contributed by atoms with Crippen molar-refractivity contribution >= 4 is 23.3 Å². The van der Waals surface area contributed by atoms with Gasteiger partial charge in [-0.25, -0.2) is 0 Å². The third-order valence-electron chi connectivity index (χ3n) is 5.70. The van der Waals surface area contributed by atoms with Crippen LogP contribution in [-0.4, -0.2) is 31.3 Å². The van der Waals surface area contributed by atoms with E-state index in [1.54, 1.807) is 55.6 Å². The Balaban J connectivity index is 1.41. The van der Waals surface area contributed by atoms with E-state index >= 15 is 0 Å². The zero-order chi connectivity index (χ0) is 20.4. The minimum atomic E-state index is -0.173. The average molecular weight is 393 g/mol. The van der Waals surface area contributed by atoms with E-state index < -0.39 is 0 Å². The second kappa shape index (κ2) is 8.07. The van der Waals surface area contributed by atoms with Gasteiger partial charge in [-0.1, -0.05) is 25.0 Å². The highest BCUT2D eigenvalue weighted by molar-refractivity contribution is 6.22. The SMILES string of the molecule is COc1cccc(C(=O)COc2ccc(N3C(=O)[C@@H]4CCCC[C@H]4C3=O)cc2)c1. The quantitative estimate of drug-likeness (QED) is 0.553. The first kappa shape index (κ1) is 19.2. The molecule has 2 aliphatic rings. The first-order valence-electron chi connectivity index (χ1n) is 9.86. The number of imide groups is 1. The molecule has 1 saturated heterocycles. The van der Waals surface area contributed by atoms with Crippen molar-refractivity contribution in [2.45, 2.75) is 25.7 Å². The highest BCUT2D eigenvalue weighted by atomic mass is 16.5. The summed E-state index contributed by atoms with van der Waals surface area (Å²) in [5.74, 6) is 0.410. The van der Waals surface area contributed by atoms with Gasteiger partial charge < -0.3 is 9.47 Å². The Morgan fingerprint density at radius 3 is 2.24 bits per heavy atom. The predicted octanol–water partition coefficient (Wildman–Crippen LogP) is 3.64. The molecule has 0 bridgehead atoms. The molecule has 150 valence electrons. The fraction of sp³-hybridized carbons (Fsp3) is 0.348. The number of anilines is 1. The summed E-state index contributed by atoms with van der Waals surface area (Å²) >= 11 is 0. The van der Waals surface area contributed by atoms with Crippen LogP contribution in [0.4, 0.5) is 5.69 Å². The number of ketones is 1. The number of methoxy groups -OCH3 is 1. The number of benzene rings is 2. The fourth-order valence-corrected chi connectivity index (χ4v) is 4.14. The van der Waals surface area contributed by atoms with E-state index in [4.69, 9.17) is 9.47 Å². The minimum absolute atomic E-state index is 0.0958. The van der Waals surface area contributed by atoms with E-state index in [2.05, 4.69) is 0 Å². The molecule has 6 heteroatoms. The molecule has 29 heavy (non-hydrogen) atoms. The molecule has 0 unspecified atom stereocenters. The summed E-state index contributed by atoms with van der Waals surface area (Å²) in [5, 5.41) is 0. The van der Waals surface area contributed by atoms with Crippen LogP contribution in [0.5, 0.6) is 11.5 Å². The summed E-state index contributed by atoms with van der Waals surface area (Å²) in [5.41, 5.74) is 1.07. The van der Waals surface area contributed by atoms with Crippen LogP contribution in [-0.2, 0) is 9.59 Å². The van der Waals surface area contributed by atoms with E-state index in [9.17, 15) is 14.4 Å². The van der Waals surface area contributed by atoms with Gasteiger partial charge in [-0.15, -0.1) is 0 Å². The molecule has 2 aromatic carbocycles. The van der Waals surface area contributed by atoms with Crippen molar-refractivity contribution in [1.82, 2.24) is 0 Å². The molecule has 2 atom stereocenters. The first-order valence-corrected chi connectivity index (χ1v) is 9.86. The summed E-state index contributed by atoms with van der Waals surface area (Å²) in [6.07, 6.45) is 3.59. The number of hydrogen-bond acceptors (Lipinski definition) is 5. The monoisotopic (exact) mass is 393 g/mol. The maximum atomic E-state index is 12.7. The van der Waals surface area contributed by atoms with Gasteiger partial charge in [0.25, 0.3) is 0 Å². The summed E-state index contributed by atoms with van der Waals surface area (Å²) in [4.78, 5) is 39.0. The molecule has 2 fully saturated rings. The molecule has 1 aliphatic carbocycles. The number of fused-ring (bicyclic) bond motifs is 1. The standard InChI is InChI=1S/C23H23NO5/c1-28-18-6-4-5-15(13-18)21(25)14-29-17-11-9-16(10-12-17)24-22(26)19-7-2-3-8-20(19)23(24)27/h4-6,9-13,19-20H,2-3,7-8,14H2,1H3/t19-,20-/m1/s1. The lowest BCUT2D eigenvalue weighted by Gasteiger charge is -2.19. The number of nitrogens with zero attached hydrogens (tertiary/aromatic N) is 1. The maximum absolute atomic E-state index is 12.7. The van der Waals surface area contributed by atoms with Gasteiger partial charge >= 0.3 is 0 Å². The Morgan fingerprint density at radius 1 is 0.966 bits per heavy atom. The van der Waals surface area contributed by atoms with Crippen molar-refractivity contribution in [3.05, 3.63) is 54.1 Å². The lowest BCUT2D eigenvalue weighted by atomic mass is 9.81.